The number of hydrogen-bond acceptors (Lipinski definition) is 3. The van der Waals surface area contributed by atoms with Gasteiger partial charge >= 0.3 is 0 Å². The average Bonchev–Trinajstić information content (AvgIpc) is 2.46. The van der Waals surface area contributed by atoms with E-state index in [9.17, 15) is 0 Å². The second-order valence-electron chi connectivity index (χ2n) is 4.08. The molecule has 0 aliphatic rings. The molecule has 1 heterocycles. The zero-order valence-corrected chi connectivity index (χ0v) is 9.88. The van der Waals surface area contributed by atoms with E-state index >= 15 is 0 Å². The Bertz CT molecular complexity index is 645. The van der Waals surface area contributed by atoms with Gasteiger partial charge in [0, 0.05) is 18.9 Å². The van der Waals surface area contributed by atoms with Gasteiger partial charge in [0.15, 0.2) is 0 Å². The molecule has 18 heavy (non-hydrogen) atoms. The van der Waals surface area contributed by atoms with Crippen molar-refractivity contribution in [3.63, 3.8) is 0 Å². The van der Waals surface area contributed by atoms with Crippen LogP contribution in [0.5, 0.6) is 0 Å². The summed E-state index contributed by atoms with van der Waals surface area (Å²) < 4.78 is 0. The number of nitrogens with zero attached hydrogens (tertiary/aromatic N) is 2. The molecule has 0 spiro atoms. The van der Waals surface area contributed by atoms with Crippen LogP contribution in [-0.2, 0) is 6.54 Å². The Kier molecular flexibility index (Phi) is 2.88. The molecule has 0 amide bonds. The van der Waals surface area contributed by atoms with Gasteiger partial charge in [-0.3, -0.25) is 4.98 Å². The molecule has 88 valence electrons. The predicted octanol–water partition coefficient (Wildman–Crippen LogP) is 3.24. The maximum absolute atomic E-state index is 4.20. The van der Waals surface area contributed by atoms with Crippen LogP contribution in [0.15, 0.2) is 61.1 Å². The fourth-order valence-electron chi connectivity index (χ4n) is 2.02. The van der Waals surface area contributed by atoms with Crippen molar-refractivity contribution in [2.75, 3.05) is 5.32 Å². The Morgan fingerprint density at radius 3 is 2.72 bits per heavy atom. The van der Waals surface area contributed by atoms with Crippen molar-refractivity contribution < 1.29 is 0 Å². The molecular weight excluding hydrogens is 222 g/mol. The maximum Gasteiger partial charge on any atom is 0.144 e. The van der Waals surface area contributed by atoms with Crippen LogP contribution in [0.2, 0.25) is 0 Å². The summed E-state index contributed by atoms with van der Waals surface area (Å²) in [7, 11) is 0. The molecule has 3 heteroatoms. The lowest BCUT2D eigenvalue weighted by atomic mass is 10.0. The van der Waals surface area contributed by atoms with Crippen LogP contribution in [0.4, 0.5) is 5.82 Å². The van der Waals surface area contributed by atoms with Crippen LogP contribution >= 0.6 is 0 Å². The third-order valence-electron chi connectivity index (χ3n) is 2.90. The summed E-state index contributed by atoms with van der Waals surface area (Å²) >= 11 is 0. The van der Waals surface area contributed by atoms with Crippen LogP contribution in [0.1, 0.15) is 5.56 Å². The Morgan fingerprint density at radius 1 is 0.944 bits per heavy atom. The first-order chi connectivity index (χ1) is 8.93. The van der Waals surface area contributed by atoms with Crippen LogP contribution in [0.3, 0.4) is 0 Å². The molecule has 0 saturated heterocycles. The van der Waals surface area contributed by atoms with Crippen molar-refractivity contribution >= 4 is 16.6 Å². The van der Waals surface area contributed by atoms with Gasteiger partial charge < -0.3 is 5.32 Å². The second-order valence-corrected chi connectivity index (χ2v) is 4.08. The van der Waals surface area contributed by atoms with Crippen LogP contribution < -0.4 is 5.32 Å². The highest BCUT2D eigenvalue weighted by Gasteiger charge is 2.00. The lowest BCUT2D eigenvalue weighted by molar-refractivity contribution is 1.10. The first-order valence-corrected chi connectivity index (χ1v) is 5.90. The van der Waals surface area contributed by atoms with Crippen LogP contribution in [0, 0.1) is 0 Å². The molecule has 0 aliphatic carbocycles. The zero-order valence-electron chi connectivity index (χ0n) is 9.88. The Balaban J connectivity index is 1.87. The van der Waals surface area contributed by atoms with E-state index in [2.05, 4.69) is 57.7 Å². The highest BCUT2D eigenvalue weighted by Crippen LogP contribution is 2.19. The molecule has 0 radical (unpaired) electrons. The molecule has 2 aromatic carbocycles. The van der Waals surface area contributed by atoms with E-state index in [4.69, 9.17) is 0 Å². The largest absolute Gasteiger partial charge is 0.365 e. The number of rotatable bonds is 3. The van der Waals surface area contributed by atoms with Crippen LogP contribution in [0.25, 0.3) is 10.8 Å². The van der Waals surface area contributed by atoms with E-state index in [1.54, 1.807) is 18.6 Å². The summed E-state index contributed by atoms with van der Waals surface area (Å²) in [6.45, 7) is 0.750. The molecular formula is C15H13N3. The Labute approximate surface area is 106 Å². The Hall–Kier alpha value is -2.42. The molecule has 0 saturated carbocycles. The fraction of sp³-hybridized carbons (Fsp3) is 0.0667. The third kappa shape index (κ3) is 2.15. The van der Waals surface area contributed by atoms with Gasteiger partial charge in [0.1, 0.15) is 5.82 Å². The number of hydrogen-bond donors (Lipinski definition) is 1. The molecule has 1 aromatic heterocycles. The summed E-state index contributed by atoms with van der Waals surface area (Å²) in [4.78, 5) is 8.23. The molecule has 0 aliphatic heterocycles. The van der Waals surface area contributed by atoms with Gasteiger partial charge in [-0.2, -0.15) is 0 Å². The summed E-state index contributed by atoms with van der Waals surface area (Å²) in [5.74, 6) is 0.797. The minimum absolute atomic E-state index is 0.750. The van der Waals surface area contributed by atoms with E-state index in [-0.39, 0.29) is 0 Å². The highest BCUT2D eigenvalue weighted by molar-refractivity contribution is 5.85. The third-order valence-corrected chi connectivity index (χ3v) is 2.90. The quantitative estimate of drug-likeness (QED) is 0.757. The summed E-state index contributed by atoms with van der Waals surface area (Å²) in [5, 5.41) is 5.81. The maximum atomic E-state index is 4.20. The molecule has 0 atom stereocenters. The molecule has 3 aromatic rings. The minimum atomic E-state index is 0.750. The monoisotopic (exact) mass is 235 g/mol. The van der Waals surface area contributed by atoms with Gasteiger partial charge in [-0.1, -0.05) is 42.5 Å². The van der Waals surface area contributed by atoms with E-state index < -0.39 is 0 Å². The van der Waals surface area contributed by atoms with Crippen molar-refractivity contribution in [2.45, 2.75) is 6.54 Å². The molecule has 3 nitrogen and oxygen atoms in total. The van der Waals surface area contributed by atoms with Gasteiger partial charge in [-0.15, -0.1) is 0 Å². The van der Waals surface area contributed by atoms with Crippen molar-refractivity contribution in [1.82, 2.24) is 9.97 Å². The Morgan fingerprint density at radius 2 is 1.83 bits per heavy atom. The summed E-state index contributed by atoms with van der Waals surface area (Å²) in [5.41, 5.74) is 1.26. The number of aromatic nitrogens is 2. The zero-order chi connectivity index (χ0) is 12.2. The molecule has 0 fully saturated rings. The normalized spacial score (nSPS) is 10.4. The molecule has 0 bridgehead atoms. The van der Waals surface area contributed by atoms with E-state index in [1.165, 1.54) is 16.3 Å². The fourth-order valence-corrected chi connectivity index (χ4v) is 2.02. The van der Waals surface area contributed by atoms with Crippen molar-refractivity contribution in [3.05, 3.63) is 66.6 Å². The second kappa shape index (κ2) is 4.84. The number of anilines is 1. The smallest absolute Gasteiger partial charge is 0.144 e. The van der Waals surface area contributed by atoms with Gasteiger partial charge in [0.2, 0.25) is 0 Å². The van der Waals surface area contributed by atoms with Crippen LogP contribution in [-0.4, -0.2) is 9.97 Å². The minimum Gasteiger partial charge on any atom is -0.365 e. The van der Waals surface area contributed by atoms with Gasteiger partial charge in [0.05, 0.1) is 6.20 Å². The van der Waals surface area contributed by atoms with E-state index in [1.807, 2.05) is 0 Å². The first kappa shape index (κ1) is 10.7. The number of nitrogens with one attached hydrogen (secondary N) is 1. The van der Waals surface area contributed by atoms with Crippen molar-refractivity contribution in [3.8, 4) is 0 Å². The standard InChI is InChI=1S/C15H13N3/c1-2-7-14-12(4-1)5-3-6-13(14)10-18-15-11-16-8-9-17-15/h1-9,11H,10H2,(H,17,18). The predicted molar refractivity (Wildman–Crippen MR) is 73.3 cm³/mol. The van der Waals surface area contributed by atoms with E-state index in [0.717, 1.165) is 12.4 Å². The lowest BCUT2D eigenvalue weighted by Crippen LogP contribution is -2.01. The number of benzene rings is 2. The molecule has 3 rings (SSSR count). The topological polar surface area (TPSA) is 37.8 Å². The summed E-state index contributed by atoms with van der Waals surface area (Å²) in [6.07, 6.45) is 5.08. The van der Waals surface area contributed by atoms with E-state index in [0.29, 0.717) is 0 Å². The summed E-state index contributed by atoms with van der Waals surface area (Å²) in [6, 6.07) is 14.7. The van der Waals surface area contributed by atoms with Crippen molar-refractivity contribution in [2.24, 2.45) is 0 Å². The average molecular weight is 235 g/mol. The highest BCUT2D eigenvalue weighted by atomic mass is 15.0. The van der Waals surface area contributed by atoms with Gasteiger partial charge in [-0.25, -0.2) is 4.98 Å². The van der Waals surface area contributed by atoms with Gasteiger partial charge in [0.25, 0.3) is 0 Å². The lowest BCUT2D eigenvalue weighted by Gasteiger charge is -2.08. The molecule has 0 unspecified atom stereocenters. The SMILES string of the molecule is c1ccc2c(CNc3cnccn3)cccc2c1. The number of fused-ring (bicyclic) bond motifs is 1. The first-order valence-electron chi connectivity index (χ1n) is 5.90. The van der Waals surface area contributed by atoms with Gasteiger partial charge in [-0.05, 0) is 16.3 Å². The molecule has 1 N–H and O–H groups in total. The van der Waals surface area contributed by atoms with Crippen molar-refractivity contribution in [1.29, 1.82) is 0 Å².